The van der Waals surface area contributed by atoms with Gasteiger partial charge in [0.05, 0.1) is 0 Å². The molecular formula is C17H25ClIN5OS. The van der Waals surface area contributed by atoms with E-state index in [1.807, 2.05) is 40.9 Å². The third-order valence-corrected chi connectivity index (χ3v) is 5.73. The quantitative estimate of drug-likeness (QED) is 0.383. The topological polar surface area (TPSA) is 65.2 Å². The largest absolute Gasteiger partial charge is 0.370 e. The summed E-state index contributed by atoms with van der Waals surface area (Å²) in [5, 5.41) is 0.736. The smallest absolute Gasteiger partial charge is 0.244 e. The van der Waals surface area contributed by atoms with E-state index in [0.717, 1.165) is 48.4 Å². The number of carbonyl (C=O) groups is 1. The van der Waals surface area contributed by atoms with Crippen molar-refractivity contribution in [2.45, 2.75) is 0 Å². The molecule has 144 valence electrons. The summed E-state index contributed by atoms with van der Waals surface area (Å²) in [5.41, 5.74) is 7.15. The first-order chi connectivity index (χ1) is 12.1. The van der Waals surface area contributed by atoms with E-state index in [2.05, 4.69) is 14.8 Å². The molecule has 2 fully saturated rings. The van der Waals surface area contributed by atoms with Gasteiger partial charge < -0.3 is 20.4 Å². The number of thioether (sulfide) groups is 1. The number of hydrogen-bond donors (Lipinski definition) is 1. The van der Waals surface area contributed by atoms with Crippen LogP contribution < -0.4 is 10.6 Å². The van der Waals surface area contributed by atoms with Gasteiger partial charge >= 0.3 is 0 Å². The standard InChI is InChI=1S/C17H24ClN5OS.HI/c18-14-1-3-15(4-2-14)21-5-7-22(8-6-21)16(24)13-20-17(19)23-9-11-25-12-10-23;/h1-4H,5-13H2,(H2,19,20);1H. The van der Waals surface area contributed by atoms with Crippen molar-refractivity contribution >= 4 is 64.9 Å². The van der Waals surface area contributed by atoms with Gasteiger partial charge in [0.2, 0.25) is 5.91 Å². The molecule has 0 unspecified atom stereocenters. The Hall–Kier alpha value is -0.870. The Morgan fingerprint density at radius 1 is 1.04 bits per heavy atom. The molecule has 2 N–H and O–H groups in total. The third-order valence-electron chi connectivity index (χ3n) is 4.54. The van der Waals surface area contributed by atoms with Gasteiger partial charge in [0.1, 0.15) is 6.54 Å². The van der Waals surface area contributed by atoms with Crippen molar-refractivity contribution in [3.05, 3.63) is 29.3 Å². The van der Waals surface area contributed by atoms with Crippen LogP contribution >= 0.6 is 47.3 Å². The number of nitrogens with zero attached hydrogens (tertiary/aromatic N) is 4. The number of hydrogen-bond acceptors (Lipinski definition) is 4. The van der Waals surface area contributed by atoms with Gasteiger partial charge in [-0.15, -0.1) is 24.0 Å². The second-order valence-electron chi connectivity index (χ2n) is 6.12. The Morgan fingerprint density at radius 3 is 2.27 bits per heavy atom. The molecule has 0 atom stereocenters. The van der Waals surface area contributed by atoms with E-state index in [4.69, 9.17) is 17.3 Å². The summed E-state index contributed by atoms with van der Waals surface area (Å²) in [4.78, 5) is 22.9. The summed E-state index contributed by atoms with van der Waals surface area (Å²) in [7, 11) is 0. The molecule has 0 radical (unpaired) electrons. The number of amides is 1. The molecular weight excluding hydrogens is 485 g/mol. The molecule has 0 spiro atoms. The third kappa shape index (κ3) is 5.82. The van der Waals surface area contributed by atoms with Crippen molar-refractivity contribution < 1.29 is 4.79 Å². The first kappa shape index (κ1) is 21.4. The Bertz CT molecular complexity index is 616. The zero-order valence-electron chi connectivity index (χ0n) is 14.6. The van der Waals surface area contributed by atoms with Gasteiger partial charge in [-0.3, -0.25) is 4.79 Å². The van der Waals surface area contributed by atoms with Gasteiger partial charge in [-0.25, -0.2) is 4.99 Å². The van der Waals surface area contributed by atoms with Crippen LogP contribution in [0.3, 0.4) is 0 Å². The van der Waals surface area contributed by atoms with Crippen LogP contribution in [0, 0.1) is 0 Å². The van der Waals surface area contributed by atoms with Crippen molar-refractivity contribution in [1.29, 1.82) is 0 Å². The predicted molar refractivity (Wildman–Crippen MR) is 121 cm³/mol. The second kappa shape index (κ2) is 10.5. The molecule has 2 aliphatic heterocycles. The number of halogens is 2. The van der Waals surface area contributed by atoms with Crippen molar-refractivity contribution in [1.82, 2.24) is 9.80 Å². The summed E-state index contributed by atoms with van der Waals surface area (Å²) in [6.45, 7) is 5.00. The molecule has 0 aliphatic carbocycles. The predicted octanol–water partition coefficient (Wildman–Crippen LogP) is 1.97. The van der Waals surface area contributed by atoms with Gasteiger partial charge in [0.25, 0.3) is 0 Å². The Morgan fingerprint density at radius 2 is 1.65 bits per heavy atom. The lowest BCUT2D eigenvalue weighted by Gasteiger charge is -2.36. The number of carbonyl (C=O) groups excluding carboxylic acids is 1. The molecule has 1 aromatic rings. The van der Waals surface area contributed by atoms with Crippen molar-refractivity contribution in [2.24, 2.45) is 10.7 Å². The molecule has 0 saturated carbocycles. The van der Waals surface area contributed by atoms with Crippen LogP contribution in [0.5, 0.6) is 0 Å². The molecule has 26 heavy (non-hydrogen) atoms. The van der Waals surface area contributed by atoms with E-state index < -0.39 is 0 Å². The van der Waals surface area contributed by atoms with E-state index in [9.17, 15) is 4.79 Å². The minimum absolute atomic E-state index is 0. The van der Waals surface area contributed by atoms with E-state index >= 15 is 0 Å². The number of guanidine groups is 1. The first-order valence-corrected chi connectivity index (χ1v) is 10.1. The van der Waals surface area contributed by atoms with E-state index in [0.29, 0.717) is 19.0 Å². The highest BCUT2D eigenvalue weighted by atomic mass is 127. The average molecular weight is 510 g/mol. The summed E-state index contributed by atoms with van der Waals surface area (Å²) < 4.78 is 0. The van der Waals surface area contributed by atoms with Crippen LogP contribution in [0.4, 0.5) is 5.69 Å². The summed E-state index contributed by atoms with van der Waals surface area (Å²) in [6.07, 6.45) is 0. The zero-order valence-corrected chi connectivity index (χ0v) is 18.5. The number of rotatable bonds is 3. The first-order valence-electron chi connectivity index (χ1n) is 8.54. The lowest BCUT2D eigenvalue weighted by Crippen LogP contribution is -2.50. The van der Waals surface area contributed by atoms with Gasteiger partial charge in [-0.1, -0.05) is 11.6 Å². The van der Waals surface area contributed by atoms with E-state index in [1.54, 1.807) is 0 Å². The molecule has 0 aromatic heterocycles. The van der Waals surface area contributed by atoms with Crippen molar-refractivity contribution in [3.8, 4) is 0 Å². The normalized spacial score (nSPS) is 18.5. The maximum absolute atomic E-state index is 12.4. The van der Waals surface area contributed by atoms with E-state index in [-0.39, 0.29) is 36.4 Å². The van der Waals surface area contributed by atoms with Crippen LogP contribution in [0.25, 0.3) is 0 Å². The lowest BCUT2D eigenvalue weighted by atomic mass is 10.2. The zero-order chi connectivity index (χ0) is 17.6. The summed E-state index contributed by atoms with van der Waals surface area (Å²) in [5.74, 6) is 2.67. The molecule has 3 rings (SSSR count). The van der Waals surface area contributed by atoms with Crippen LogP contribution in [-0.2, 0) is 4.79 Å². The van der Waals surface area contributed by atoms with Crippen LogP contribution in [0.15, 0.2) is 29.3 Å². The summed E-state index contributed by atoms with van der Waals surface area (Å²) >= 11 is 7.86. The number of nitrogens with two attached hydrogens (primary N) is 1. The highest BCUT2D eigenvalue weighted by molar-refractivity contribution is 14.0. The maximum atomic E-state index is 12.4. The maximum Gasteiger partial charge on any atom is 0.244 e. The minimum Gasteiger partial charge on any atom is -0.370 e. The fourth-order valence-electron chi connectivity index (χ4n) is 3.01. The molecule has 6 nitrogen and oxygen atoms in total. The molecule has 2 aliphatic rings. The molecule has 1 aromatic carbocycles. The molecule has 2 heterocycles. The lowest BCUT2D eigenvalue weighted by molar-refractivity contribution is -0.129. The number of piperazine rings is 1. The monoisotopic (exact) mass is 509 g/mol. The van der Waals surface area contributed by atoms with Crippen LogP contribution in [-0.4, -0.2) is 79.0 Å². The minimum atomic E-state index is 0. The van der Waals surface area contributed by atoms with Crippen molar-refractivity contribution in [3.63, 3.8) is 0 Å². The Balaban J connectivity index is 0.00000243. The number of benzene rings is 1. The molecule has 1 amide bonds. The summed E-state index contributed by atoms with van der Waals surface area (Å²) in [6, 6.07) is 7.82. The molecule has 2 saturated heterocycles. The average Bonchev–Trinajstić information content (AvgIpc) is 2.67. The Labute approximate surface area is 181 Å². The highest BCUT2D eigenvalue weighted by Gasteiger charge is 2.21. The SMILES string of the molecule is I.NC(=NCC(=O)N1CCN(c2ccc(Cl)cc2)CC1)N1CCSCC1. The Kier molecular flexibility index (Phi) is 8.62. The van der Waals surface area contributed by atoms with Crippen LogP contribution in [0.2, 0.25) is 5.02 Å². The molecule has 0 bridgehead atoms. The van der Waals surface area contributed by atoms with E-state index in [1.165, 1.54) is 0 Å². The van der Waals surface area contributed by atoms with Gasteiger partial charge in [-0.05, 0) is 24.3 Å². The fraction of sp³-hybridized carbons (Fsp3) is 0.529. The molecule has 9 heteroatoms. The second-order valence-corrected chi connectivity index (χ2v) is 7.78. The fourth-order valence-corrected chi connectivity index (χ4v) is 4.04. The van der Waals surface area contributed by atoms with Gasteiger partial charge in [0.15, 0.2) is 5.96 Å². The van der Waals surface area contributed by atoms with Gasteiger partial charge in [-0.2, -0.15) is 11.8 Å². The highest BCUT2D eigenvalue weighted by Crippen LogP contribution is 2.19. The number of aliphatic imine (C=N–C) groups is 1. The number of anilines is 1. The van der Waals surface area contributed by atoms with Crippen LogP contribution in [0.1, 0.15) is 0 Å². The van der Waals surface area contributed by atoms with Crippen molar-refractivity contribution in [2.75, 3.05) is 62.2 Å². The van der Waals surface area contributed by atoms with Gasteiger partial charge in [0, 0.05) is 61.5 Å².